The Morgan fingerprint density at radius 3 is 2.44 bits per heavy atom. The minimum atomic E-state index is -0.592. The van der Waals surface area contributed by atoms with Gasteiger partial charge in [-0.2, -0.15) is 0 Å². The molecule has 2 aromatic rings. The van der Waals surface area contributed by atoms with Crippen molar-refractivity contribution in [1.29, 1.82) is 0 Å². The summed E-state index contributed by atoms with van der Waals surface area (Å²) in [7, 11) is 0. The number of ether oxygens (including phenoxy) is 1. The number of carbonyl (C=O) groups excluding carboxylic acids is 2. The summed E-state index contributed by atoms with van der Waals surface area (Å²) < 4.78 is 5.19. The van der Waals surface area contributed by atoms with Crippen molar-refractivity contribution in [2.24, 2.45) is 0 Å². The Labute approximate surface area is 156 Å². The van der Waals surface area contributed by atoms with Crippen LogP contribution in [0.5, 0.6) is 5.75 Å². The number of nitrogens with zero attached hydrogens (tertiary/aromatic N) is 1. The zero-order valence-electron chi connectivity index (χ0n) is 14.9. The average molecular weight is 371 g/mol. The summed E-state index contributed by atoms with van der Waals surface area (Å²) >= 11 is 0. The van der Waals surface area contributed by atoms with E-state index in [1.54, 1.807) is 6.92 Å². The average Bonchev–Trinajstić information content (AvgIpc) is 2.66. The Morgan fingerprint density at radius 1 is 1.07 bits per heavy atom. The van der Waals surface area contributed by atoms with Crippen LogP contribution in [0.3, 0.4) is 0 Å². The van der Waals surface area contributed by atoms with Gasteiger partial charge in [-0.1, -0.05) is 30.3 Å². The molecule has 8 nitrogen and oxygen atoms in total. The second-order valence-electron chi connectivity index (χ2n) is 5.64. The van der Waals surface area contributed by atoms with Crippen molar-refractivity contribution in [3.63, 3.8) is 0 Å². The first kappa shape index (κ1) is 19.9. The quantitative estimate of drug-likeness (QED) is 0.398. The molecule has 2 N–H and O–H groups in total. The van der Waals surface area contributed by atoms with E-state index < -0.39 is 10.8 Å². The maximum absolute atomic E-state index is 12.1. The number of hydrogen-bond donors (Lipinski definition) is 2. The molecule has 0 spiro atoms. The first-order chi connectivity index (χ1) is 13.0. The van der Waals surface area contributed by atoms with Crippen LogP contribution >= 0.6 is 0 Å². The van der Waals surface area contributed by atoms with Gasteiger partial charge in [0.1, 0.15) is 0 Å². The Bertz CT molecular complexity index is 808. The predicted molar refractivity (Wildman–Crippen MR) is 99.8 cm³/mol. The van der Waals surface area contributed by atoms with Crippen LogP contribution in [0.1, 0.15) is 22.8 Å². The van der Waals surface area contributed by atoms with Crippen LogP contribution in [0, 0.1) is 10.1 Å². The third kappa shape index (κ3) is 6.10. The summed E-state index contributed by atoms with van der Waals surface area (Å²) in [5.41, 5.74) is 0.794. The smallest absolute Gasteiger partial charge is 0.311 e. The lowest BCUT2D eigenvalue weighted by Crippen LogP contribution is -2.35. The molecule has 0 bridgehead atoms. The molecule has 0 atom stereocenters. The van der Waals surface area contributed by atoms with E-state index in [0.717, 1.165) is 5.56 Å². The Hall–Kier alpha value is -3.42. The first-order valence-corrected chi connectivity index (χ1v) is 8.51. The lowest BCUT2D eigenvalue weighted by Gasteiger charge is -2.09. The van der Waals surface area contributed by atoms with Crippen LogP contribution in [0.15, 0.2) is 48.5 Å². The van der Waals surface area contributed by atoms with Gasteiger partial charge in [-0.05, 0) is 24.6 Å². The monoisotopic (exact) mass is 371 g/mol. The highest BCUT2D eigenvalue weighted by Crippen LogP contribution is 2.27. The van der Waals surface area contributed by atoms with Gasteiger partial charge < -0.3 is 15.4 Å². The van der Waals surface area contributed by atoms with Crippen molar-refractivity contribution in [2.75, 3.05) is 19.7 Å². The zero-order chi connectivity index (χ0) is 19.6. The highest BCUT2D eigenvalue weighted by atomic mass is 16.6. The third-order valence-electron chi connectivity index (χ3n) is 3.66. The zero-order valence-corrected chi connectivity index (χ0v) is 14.9. The SMILES string of the molecule is CCOc1ccc(C(=O)NCCNC(=O)Cc2ccccc2)cc1[N+](=O)[O-]. The van der Waals surface area contributed by atoms with E-state index in [0.29, 0.717) is 0 Å². The van der Waals surface area contributed by atoms with Gasteiger partial charge in [0.25, 0.3) is 5.91 Å². The summed E-state index contributed by atoms with van der Waals surface area (Å²) in [6.07, 6.45) is 0.264. The van der Waals surface area contributed by atoms with Crippen molar-refractivity contribution < 1.29 is 19.2 Å². The van der Waals surface area contributed by atoms with Crippen LogP contribution < -0.4 is 15.4 Å². The maximum atomic E-state index is 12.1. The summed E-state index contributed by atoms with van der Waals surface area (Å²) in [5.74, 6) is -0.488. The molecule has 27 heavy (non-hydrogen) atoms. The molecule has 2 amide bonds. The molecule has 0 saturated carbocycles. The van der Waals surface area contributed by atoms with E-state index in [4.69, 9.17) is 4.74 Å². The fourth-order valence-electron chi connectivity index (χ4n) is 2.40. The van der Waals surface area contributed by atoms with Crippen LogP contribution in [-0.2, 0) is 11.2 Å². The van der Waals surface area contributed by atoms with Crippen molar-refractivity contribution in [3.05, 3.63) is 69.8 Å². The molecule has 0 heterocycles. The Kier molecular flexibility index (Phi) is 7.30. The summed E-state index contributed by atoms with van der Waals surface area (Å²) in [6.45, 7) is 2.47. The number of amides is 2. The molecule has 8 heteroatoms. The molecule has 0 radical (unpaired) electrons. The molecule has 0 aliphatic carbocycles. The largest absolute Gasteiger partial charge is 0.487 e. The summed E-state index contributed by atoms with van der Waals surface area (Å²) in [6, 6.07) is 13.4. The molecule has 0 aliphatic heterocycles. The minimum Gasteiger partial charge on any atom is -0.487 e. The lowest BCUT2D eigenvalue weighted by molar-refractivity contribution is -0.385. The normalized spacial score (nSPS) is 10.1. The fourth-order valence-corrected chi connectivity index (χ4v) is 2.40. The van der Waals surface area contributed by atoms with Gasteiger partial charge in [0.2, 0.25) is 5.91 Å². The topological polar surface area (TPSA) is 111 Å². The van der Waals surface area contributed by atoms with Crippen LogP contribution in [0.25, 0.3) is 0 Å². The van der Waals surface area contributed by atoms with E-state index >= 15 is 0 Å². The second kappa shape index (κ2) is 9.91. The van der Waals surface area contributed by atoms with Crippen molar-refractivity contribution in [3.8, 4) is 5.75 Å². The Balaban J connectivity index is 1.82. The third-order valence-corrected chi connectivity index (χ3v) is 3.66. The van der Waals surface area contributed by atoms with Crippen LogP contribution in [0.4, 0.5) is 5.69 Å². The molecule has 0 fully saturated rings. The molecule has 0 aromatic heterocycles. The number of rotatable bonds is 9. The number of benzene rings is 2. The summed E-state index contributed by atoms with van der Waals surface area (Å²) in [5, 5.41) is 16.4. The molecule has 0 aliphatic rings. The molecular formula is C19H21N3O5. The van der Waals surface area contributed by atoms with Crippen molar-refractivity contribution in [1.82, 2.24) is 10.6 Å². The van der Waals surface area contributed by atoms with Gasteiger partial charge in [-0.3, -0.25) is 19.7 Å². The molecule has 142 valence electrons. The van der Waals surface area contributed by atoms with E-state index in [9.17, 15) is 19.7 Å². The molecular weight excluding hydrogens is 350 g/mol. The minimum absolute atomic E-state index is 0.118. The molecule has 2 aromatic carbocycles. The molecule has 0 saturated heterocycles. The number of nitro groups is 1. The highest BCUT2D eigenvalue weighted by molar-refractivity contribution is 5.95. The van der Waals surface area contributed by atoms with Gasteiger partial charge in [0.05, 0.1) is 18.0 Å². The maximum Gasteiger partial charge on any atom is 0.311 e. The van der Waals surface area contributed by atoms with E-state index in [-0.39, 0.29) is 49.0 Å². The second-order valence-corrected chi connectivity index (χ2v) is 5.64. The molecule has 2 rings (SSSR count). The number of hydrogen-bond acceptors (Lipinski definition) is 5. The lowest BCUT2D eigenvalue weighted by atomic mass is 10.1. The number of carbonyl (C=O) groups is 2. The Morgan fingerprint density at radius 2 is 1.78 bits per heavy atom. The van der Waals surface area contributed by atoms with Gasteiger partial charge in [0, 0.05) is 24.7 Å². The standard InChI is InChI=1S/C19H21N3O5/c1-2-27-17-9-8-15(13-16(17)22(25)26)19(24)21-11-10-20-18(23)12-14-6-4-3-5-7-14/h3-9,13H,2,10-12H2,1H3,(H,20,23)(H,21,24). The predicted octanol–water partition coefficient (Wildman–Crippen LogP) is 2.08. The van der Waals surface area contributed by atoms with Gasteiger partial charge in [-0.15, -0.1) is 0 Å². The first-order valence-electron chi connectivity index (χ1n) is 8.51. The van der Waals surface area contributed by atoms with E-state index in [2.05, 4.69) is 10.6 Å². The van der Waals surface area contributed by atoms with Crippen LogP contribution in [-0.4, -0.2) is 36.4 Å². The van der Waals surface area contributed by atoms with Crippen LogP contribution in [0.2, 0.25) is 0 Å². The van der Waals surface area contributed by atoms with Crippen molar-refractivity contribution in [2.45, 2.75) is 13.3 Å². The van der Waals surface area contributed by atoms with Gasteiger partial charge >= 0.3 is 5.69 Å². The fraction of sp³-hybridized carbons (Fsp3) is 0.263. The van der Waals surface area contributed by atoms with Gasteiger partial charge in [0.15, 0.2) is 5.75 Å². The van der Waals surface area contributed by atoms with E-state index in [1.807, 2.05) is 30.3 Å². The summed E-state index contributed by atoms with van der Waals surface area (Å²) in [4.78, 5) is 34.5. The number of nitrogens with one attached hydrogen (secondary N) is 2. The van der Waals surface area contributed by atoms with Crippen molar-refractivity contribution >= 4 is 17.5 Å². The highest BCUT2D eigenvalue weighted by Gasteiger charge is 2.18. The molecule has 0 unspecified atom stereocenters. The number of nitro benzene ring substituents is 1. The van der Waals surface area contributed by atoms with E-state index in [1.165, 1.54) is 18.2 Å². The van der Waals surface area contributed by atoms with Gasteiger partial charge in [-0.25, -0.2) is 0 Å².